The predicted molar refractivity (Wildman–Crippen MR) is 81.5 cm³/mol. The van der Waals surface area contributed by atoms with Gasteiger partial charge in [-0.15, -0.1) is 0 Å². The molecule has 1 aromatic heterocycles. The van der Waals surface area contributed by atoms with Crippen LogP contribution in [0.1, 0.15) is 11.1 Å². The van der Waals surface area contributed by atoms with Gasteiger partial charge in [-0.25, -0.2) is 13.8 Å². The summed E-state index contributed by atoms with van der Waals surface area (Å²) in [6, 6.07) is 8.34. The normalized spacial score (nSPS) is 19.2. The summed E-state index contributed by atoms with van der Waals surface area (Å²) in [4.78, 5) is 16.9. The zero-order valence-corrected chi connectivity index (χ0v) is 12.2. The Labute approximate surface area is 135 Å². The number of phenols is 1. The van der Waals surface area contributed by atoms with Crippen LogP contribution in [0.3, 0.4) is 0 Å². The first-order valence-electron chi connectivity index (χ1n) is 7.13. The Hall–Kier alpha value is -3.22. The highest BCUT2D eigenvalue weighted by Crippen LogP contribution is 2.45. The highest BCUT2D eigenvalue weighted by Gasteiger charge is 2.51. The fraction of sp³-hybridized carbons (Fsp3) is 0.0588. The Bertz CT molecular complexity index is 939. The summed E-state index contributed by atoms with van der Waals surface area (Å²) in [5.74, 6) is -2.66. The fourth-order valence-electron chi connectivity index (χ4n) is 3.15. The van der Waals surface area contributed by atoms with Gasteiger partial charge in [0.1, 0.15) is 5.75 Å². The zero-order chi connectivity index (χ0) is 16.9. The summed E-state index contributed by atoms with van der Waals surface area (Å²) in [6.07, 6.45) is 4.50. The first kappa shape index (κ1) is 14.4. The van der Waals surface area contributed by atoms with E-state index in [0.717, 1.165) is 6.07 Å². The molecule has 1 unspecified atom stereocenters. The molecule has 24 heavy (non-hydrogen) atoms. The van der Waals surface area contributed by atoms with Crippen LogP contribution in [0, 0.1) is 11.6 Å². The minimum atomic E-state index is -1.44. The number of hydrogen-bond acceptors (Lipinski definition) is 3. The summed E-state index contributed by atoms with van der Waals surface area (Å²) < 4.78 is 29.3. The quantitative estimate of drug-likeness (QED) is 0.760. The number of nitrogens with one attached hydrogen (secondary N) is 1. The molecule has 0 bridgehead atoms. The van der Waals surface area contributed by atoms with Crippen LogP contribution in [0.15, 0.2) is 55.1 Å². The summed E-state index contributed by atoms with van der Waals surface area (Å²) in [6.45, 7) is 0. The Kier molecular flexibility index (Phi) is 2.93. The van der Waals surface area contributed by atoms with E-state index in [1.54, 1.807) is 18.3 Å². The molecule has 2 N–H and O–H groups in total. The number of carbonyl (C=O) groups excluding carboxylic acids is 1. The molecule has 1 amide bonds. The van der Waals surface area contributed by atoms with E-state index in [0.29, 0.717) is 5.56 Å². The van der Waals surface area contributed by atoms with E-state index in [9.17, 15) is 18.7 Å². The maximum Gasteiger partial charge on any atom is 0.260 e. The van der Waals surface area contributed by atoms with Gasteiger partial charge >= 0.3 is 0 Å². The summed E-state index contributed by atoms with van der Waals surface area (Å²) in [7, 11) is 0. The molecule has 4 rings (SSSR count). The molecule has 3 aromatic rings. The third kappa shape index (κ3) is 1.72. The molecule has 120 valence electrons. The maximum atomic E-state index is 14.2. The summed E-state index contributed by atoms with van der Waals surface area (Å²) >= 11 is 0. The molecule has 7 heteroatoms. The zero-order valence-electron chi connectivity index (χ0n) is 12.2. The second-order valence-corrected chi connectivity index (χ2v) is 5.47. The third-order valence-corrected chi connectivity index (χ3v) is 4.23. The standard InChI is InChI=1S/C17H11F2N3O2/c18-13-6-5-12-15(14(13)19)21-16(24)17(12,22-8-7-20-9-22)10-1-3-11(23)4-2-10/h1-9,23H,(H,21,24). The number of rotatable bonds is 2. The number of phenolic OH excluding ortho intramolecular Hbond substituents is 1. The van der Waals surface area contributed by atoms with Crippen LogP contribution in [0.5, 0.6) is 5.75 Å². The van der Waals surface area contributed by atoms with E-state index >= 15 is 0 Å². The fourth-order valence-corrected chi connectivity index (χ4v) is 3.15. The largest absolute Gasteiger partial charge is 0.508 e. The first-order chi connectivity index (χ1) is 11.5. The number of anilines is 1. The number of aromatic hydroxyl groups is 1. The van der Waals surface area contributed by atoms with Gasteiger partial charge in [0, 0.05) is 18.0 Å². The minimum absolute atomic E-state index is 0.0310. The topological polar surface area (TPSA) is 67.2 Å². The smallest absolute Gasteiger partial charge is 0.260 e. The van der Waals surface area contributed by atoms with E-state index < -0.39 is 23.1 Å². The molecular weight excluding hydrogens is 316 g/mol. The molecule has 2 heterocycles. The number of benzene rings is 2. The van der Waals surface area contributed by atoms with Crippen LogP contribution in [0.4, 0.5) is 14.5 Å². The lowest BCUT2D eigenvalue weighted by atomic mass is 9.83. The predicted octanol–water partition coefficient (Wildman–Crippen LogP) is 2.61. The van der Waals surface area contributed by atoms with Gasteiger partial charge < -0.3 is 15.0 Å². The van der Waals surface area contributed by atoms with Gasteiger partial charge in [0.25, 0.3) is 5.91 Å². The van der Waals surface area contributed by atoms with Crippen molar-refractivity contribution in [3.05, 3.63) is 77.9 Å². The van der Waals surface area contributed by atoms with E-state index in [4.69, 9.17) is 0 Å². The van der Waals surface area contributed by atoms with Crippen LogP contribution >= 0.6 is 0 Å². The average molecular weight is 327 g/mol. The summed E-state index contributed by atoms with van der Waals surface area (Å²) in [5.41, 5.74) is -0.869. The van der Waals surface area contributed by atoms with Crippen LogP contribution in [0.25, 0.3) is 0 Å². The van der Waals surface area contributed by atoms with Gasteiger partial charge in [-0.2, -0.15) is 0 Å². The second-order valence-electron chi connectivity index (χ2n) is 5.47. The van der Waals surface area contributed by atoms with Crippen molar-refractivity contribution in [2.45, 2.75) is 5.54 Å². The second kappa shape index (κ2) is 4.89. The van der Waals surface area contributed by atoms with Gasteiger partial charge in [0.2, 0.25) is 0 Å². The lowest BCUT2D eigenvalue weighted by molar-refractivity contribution is -0.120. The van der Waals surface area contributed by atoms with E-state index in [1.165, 1.54) is 35.3 Å². The van der Waals surface area contributed by atoms with Crippen molar-refractivity contribution in [1.29, 1.82) is 0 Å². The van der Waals surface area contributed by atoms with E-state index in [1.807, 2.05) is 0 Å². The maximum absolute atomic E-state index is 14.2. The van der Waals surface area contributed by atoms with Crippen molar-refractivity contribution in [3.8, 4) is 5.75 Å². The van der Waals surface area contributed by atoms with Crippen LogP contribution in [0.2, 0.25) is 0 Å². The Balaban J connectivity index is 2.08. The molecule has 0 saturated heterocycles. The molecule has 1 aliphatic heterocycles. The van der Waals surface area contributed by atoms with Crippen molar-refractivity contribution in [2.24, 2.45) is 0 Å². The highest BCUT2D eigenvalue weighted by molar-refractivity contribution is 6.08. The Morgan fingerprint density at radius 2 is 1.88 bits per heavy atom. The van der Waals surface area contributed by atoms with Gasteiger partial charge in [0.15, 0.2) is 17.2 Å². The molecule has 5 nitrogen and oxygen atoms in total. The lowest BCUT2D eigenvalue weighted by Gasteiger charge is -2.29. The average Bonchev–Trinajstić information content (AvgIpc) is 3.19. The number of imidazole rings is 1. The molecule has 1 aliphatic rings. The molecule has 0 spiro atoms. The summed E-state index contributed by atoms with van der Waals surface area (Å²) in [5, 5.41) is 12.0. The van der Waals surface area contributed by atoms with Crippen LogP contribution in [-0.4, -0.2) is 20.6 Å². The molecule has 1 atom stereocenters. The van der Waals surface area contributed by atoms with Crippen molar-refractivity contribution < 1.29 is 18.7 Å². The van der Waals surface area contributed by atoms with Gasteiger partial charge in [-0.1, -0.05) is 18.2 Å². The first-order valence-corrected chi connectivity index (χ1v) is 7.13. The highest BCUT2D eigenvalue weighted by atomic mass is 19.2. The van der Waals surface area contributed by atoms with Gasteiger partial charge in [-0.05, 0) is 23.8 Å². The number of fused-ring (bicyclic) bond motifs is 1. The van der Waals surface area contributed by atoms with Gasteiger partial charge in [0.05, 0.1) is 12.0 Å². The van der Waals surface area contributed by atoms with Gasteiger partial charge in [-0.3, -0.25) is 4.79 Å². The lowest BCUT2D eigenvalue weighted by Crippen LogP contribution is -2.42. The molecule has 0 saturated carbocycles. The number of amides is 1. The van der Waals surface area contributed by atoms with Crippen LogP contribution < -0.4 is 5.32 Å². The van der Waals surface area contributed by atoms with Crippen molar-refractivity contribution in [1.82, 2.24) is 9.55 Å². The number of hydrogen-bond donors (Lipinski definition) is 2. The van der Waals surface area contributed by atoms with Crippen molar-refractivity contribution in [3.63, 3.8) is 0 Å². The Morgan fingerprint density at radius 3 is 2.54 bits per heavy atom. The SMILES string of the molecule is O=C1Nc2c(ccc(F)c2F)C1(c1ccc(O)cc1)n1ccnc1. The third-order valence-electron chi connectivity index (χ3n) is 4.23. The van der Waals surface area contributed by atoms with E-state index in [-0.39, 0.29) is 17.0 Å². The van der Waals surface area contributed by atoms with Crippen molar-refractivity contribution >= 4 is 11.6 Å². The van der Waals surface area contributed by atoms with E-state index in [2.05, 4.69) is 10.3 Å². The van der Waals surface area contributed by atoms with Crippen LogP contribution in [-0.2, 0) is 10.3 Å². The molecular formula is C17H11F2N3O2. The van der Waals surface area contributed by atoms with Crippen molar-refractivity contribution in [2.75, 3.05) is 5.32 Å². The number of aromatic nitrogens is 2. The molecule has 2 aromatic carbocycles. The number of nitrogens with zero attached hydrogens (tertiary/aromatic N) is 2. The number of halogens is 2. The number of carbonyl (C=O) groups is 1. The molecule has 0 radical (unpaired) electrons. The monoisotopic (exact) mass is 327 g/mol. The molecule has 0 aliphatic carbocycles. The minimum Gasteiger partial charge on any atom is -0.508 e. The molecule has 0 fully saturated rings. The Morgan fingerprint density at radius 1 is 1.12 bits per heavy atom.